The molecule has 5 rings (SSSR count). The second-order valence-electron chi connectivity index (χ2n) is 9.91. The van der Waals surface area contributed by atoms with Crippen molar-refractivity contribution in [1.29, 1.82) is 0 Å². The number of Topliss-reactive ketones (excluding diaryl/α,β-unsaturated/α-hetero) is 1. The van der Waals surface area contributed by atoms with E-state index in [1.165, 1.54) is 12.1 Å². The molecule has 0 bridgehead atoms. The van der Waals surface area contributed by atoms with Gasteiger partial charge in [-0.1, -0.05) is 6.42 Å². The molecule has 0 spiro atoms. The number of nitrogens with zero attached hydrogens (tertiary/aromatic N) is 3. The van der Waals surface area contributed by atoms with E-state index in [4.69, 9.17) is 14.6 Å². The number of likely N-dealkylation sites (tertiary alicyclic amines) is 1. The fraction of sp³-hybridized carbons (Fsp3) is 0.654. The van der Waals surface area contributed by atoms with Crippen molar-refractivity contribution < 1.29 is 23.5 Å². The van der Waals surface area contributed by atoms with Crippen LogP contribution in [0.25, 0.3) is 0 Å². The average Bonchev–Trinajstić information content (AvgIpc) is 3.38. The Morgan fingerprint density at radius 1 is 1.03 bits per heavy atom. The van der Waals surface area contributed by atoms with Crippen molar-refractivity contribution in [2.75, 3.05) is 39.4 Å². The number of carbonyl (C=O) groups excluding carboxylic acids is 2. The highest BCUT2D eigenvalue weighted by atomic mass is 19.1. The molecule has 1 aromatic rings. The van der Waals surface area contributed by atoms with Gasteiger partial charge in [0.15, 0.2) is 12.1 Å². The lowest BCUT2D eigenvalue weighted by Crippen LogP contribution is -2.49. The molecule has 1 aromatic carbocycles. The first-order valence-electron chi connectivity index (χ1n) is 12.7. The van der Waals surface area contributed by atoms with Gasteiger partial charge < -0.3 is 14.4 Å². The minimum Gasteiger partial charge on any atom is -0.350 e. The molecule has 8 heteroatoms. The summed E-state index contributed by atoms with van der Waals surface area (Å²) in [5.41, 5.74) is 1.75. The molecule has 4 aliphatic rings. The Bertz CT molecular complexity index is 907. The molecule has 1 aliphatic carbocycles. The standard InChI is InChI=1S/C26H34FN3O4/c27-20-7-5-18(6-8-20)25(31)19-9-11-29(12-10-19)13-14-30-26(32)22(17-24-33-15-16-34-24)21-3-1-2-4-23(21)28-30/h5-8,19,21-22,24H,1-4,9-17H2. The predicted octanol–water partition coefficient (Wildman–Crippen LogP) is 3.49. The summed E-state index contributed by atoms with van der Waals surface area (Å²) in [6, 6.07) is 5.83. The Morgan fingerprint density at radius 2 is 1.76 bits per heavy atom. The fourth-order valence-corrected chi connectivity index (χ4v) is 5.83. The molecule has 184 valence electrons. The number of hydrazone groups is 1. The van der Waals surface area contributed by atoms with E-state index in [-0.39, 0.29) is 41.6 Å². The molecule has 3 aliphatic heterocycles. The Kier molecular flexibility index (Phi) is 7.37. The zero-order valence-electron chi connectivity index (χ0n) is 19.7. The summed E-state index contributed by atoms with van der Waals surface area (Å²) in [5.74, 6) is -0.0611. The Labute approximate surface area is 200 Å². The molecular formula is C26H34FN3O4. The van der Waals surface area contributed by atoms with E-state index >= 15 is 0 Å². The van der Waals surface area contributed by atoms with E-state index < -0.39 is 0 Å². The van der Waals surface area contributed by atoms with E-state index in [9.17, 15) is 14.0 Å². The van der Waals surface area contributed by atoms with Crippen LogP contribution in [0.1, 0.15) is 55.3 Å². The normalized spacial score (nSPS) is 27.0. The molecule has 0 radical (unpaired) electrons. The highest BCUT2D eigenvalue weighted by Gasteiger charge is 2.42. The first-order valence-corrected chi connectivity index (χ1v) is 12.7. The number of piperidine rings is 1. The van der Waals surface area contributed by atoms with Crippen LogP contribution in [0, 0.1) is 23.6 Å². The molecule has 1 saturated carbocycles. The van der Waals surface area contributed by atoms with Crippen LogP contribution in [0.2, 0.25) is 0 Å². The van der Waals surface area contributed by atoms with Crippen molar-refractivity contribution in [3.8, 4) is 0 Å². The van der Waals surface area contributed by atoms with E-state index in [1.54, 1.807) is 17.1 Å². The number of amides is 1. The third kappa shape index (κ3) is 5.24. The number of carbonyl (C=O) groups is 2. The molecule has 7 nitrogen and oxygen atoms in total. The monoisotopic (exact) mass is 471 g/mol. The minimum atomic E-state index is -0.327. The molecule has 1 amide bonds. The molecule has 3 heterocycles. The van der Waals surface area contributed by atoms with Gasteiger partial charge in [0.25, 0.3) is 0 Å². The summed E-state index contributed by atoms with van der Waals surface area (Å²) in [6.45, 7) is 4.13. The maximum absolute atomic E-state index is 13.4. The van der Waals surface area contributed by atoms with Gasteiger partial charge in [-0.2, -0.15) is 5.10 Å². The topological polar surface area (TPSA) is 71.4 Å². The Morgan fingerprint density at radius 3 is 2.50 bits per heavy atom. The molecule has 2 saturated heterocycles. The highest BCUT2D eigenvalue weighted by Crippen LogP contribution is 2.36. The molecule has 2 atom stereocenters. The lowest BCUT2D eigenvalue weighted by molar-refractivity contribution is -0.143. The number of ether oxygens (including phenoxy) is 2. The van der Waals surface area contributed by atoms with Gasteiger partial charge >= 0.3 is 0 Å². The SMILES string of the molecule is O=C(c1ccc(F)cc1)C1CCN(CCN2N=C3CCCCC3C(CC3OCCO3)C2=O)CC1. The lowest BCUT2D eigenvalue weighted by atomic mass is 9.75. The minimum absolute atomic E-state index is 0.0302. The average molecular weight is 472 g/mol. The van der Waals surface area contributed by atoms with E-state index in [0.29, 0.717) is 31.7 Å². The van der Waals surface area contributed by atoms with Gasteiger partial charge in [-0.25, -0.2) is 9.40 Å². The molecule has 3 fully saturated rings. The fourth-order valence-electron chi connectivity index (χ4n) is 5.83. The summed E-state index contributed by atoms with van der Waals surface area (Å²) < 4.78 is 24.5. The van der Waals surface area contributed by atoms with Crippen molar-refractivity contribution in [3.63, 3.8) is 0 Å². The lowest BCUT2D eigenvalue weighted by Gasteiger charge is -2.39. The van der Waals surface area contributed by atoms with Crippen molar-refractivity contribution in [1.82, 2.24) is 9.91 Å². The molecule has 0 aromatic heterocycles. The van der Waals surface area contributed by atoms with Crippen LogP contribution < -0.4 is 0 Å². The van der Waals surface area contributed by atoms with Crippen molar-refractivity contribution in [2.24, 2.45) is 22.9 Å². The quantitative estimate of drug-likeness (QED) is 0.570. The summed E-state index contributed by atoms with van der Waals surface area (Å²) in [6.07, 6.45) is 6.14. The maximum Gasteiger partial charge on any atom is 0.246 e. The van der Waals surface area contributed by atoms with Crippen LogP contribution in [0.4, 0.5) is 4.39 Å². The third-order valence-corrected chi connectivity index (χ3v) is 7.78. The van der Waals surface area contributed by atoms with Crippen molar-refractivity contribution in [3.05, 3.63) is 35.6 Å². The molecule has 34 heavy (non-hydrogen) atoms. The highest BCUT2D eigenvalue weighted by molar-refractivity contribution is 5.98. The summed E-state index contributed by atoms with van der Waals surface area (Å²) in [5, 5.41) is 6.48. The van der Waals surface area contributed by atoms with Gasteiger partial charge in [0.2, 0.25) is 5.91 Å². The molecule has 2 unspecified atom stereocenters. The van der Waals surface area contributed by atoms with Gasteiger partial charge in [-0.05, 0) is 69.5 Å². The zero-order chi connectivity index (χ0) is 23.5. The van der Waals surface area contributed by atoms with Gasteiger partial charge in [-0.3, -0.25) is 9.59 Å². The predicted molar refractivity (Wildman–Crippen MR) is 125 cm³/mol. The van der Waals surface area contributed by atoms with E-state index in [1.807, 2.05) is 0 Å². The number of ketones is 1. The summed E-state index contributed by atoms with van der Waals surface area (Å²) in [7, 11) is 0. The van der Waals surface area contributed by atoms with Crippen LogP contribution >= 0.6 is 0 Å². The van der Waals surface area contributed by atoms with E-state index in [0.717, 1.165) is 63.9 Å². The van der Waals surface area contributed by atoms with E-state index in [2.05, 4.69) is 4.90 Å². The largest absolute Gasteiger partial charge is 0.350 e. The van der Waals surface area contributed by atoms with Crippen molar-refractivity contribution >= 4 is 17.4 Å². The van der Waals surface area contributed by atoms with Crippen LogP contribution in [-0.4, -0.2) is 73.0 Å². The number of hydrogen-bond donors (Lipinski definition) is 0. The number of fused-ring (bicyclic) bond motifs is 1. The van der Waals surface area contributed by atoms with Crippen LogP contribution in [0.3, 0.4) is 0 Å². The number of benzene rings is 1. The molecular weight excluding hydrogens is 437 g/mol. The number of rotatable bonds is 7. The van der Waals surface area contributed by atoms with Gasteiger partial charge in [0.1, 0.15) is 5.82 Å². The molecule has 0 N–H and O–H groups in total. The van der Waals surface area contributed by atoms with Crippen molar-refractivity contribution in [2.45, 2.75) is 51.2 Å². The summed E-state index contributed by atoms with van der Waals surface area (Å²) in [4.78, 5) is 28.4. The zero-order valence-corrected chi connectivity index (χ0v) is 19.7. The van der Waals surface area contributed by atoms with Gasteiger partial charge in [0, 0.05) is 36.1 Å². The first kappa shape index (κ1) is 23.6. The smallest absolute Gasteiger partial charge is 0.246 e. The number of hydrogen-bond acceptors (Lipinski definition) is 6. The number of halogens is 1. The third-order valence-electron chi connectivity index (χ3n) is 7.78. The first-order chi connectivity index (χ1) is 16.6. The maximum atomic E-state index is 13.4. The summed E-state index contributed by atoms with van der Waals surface area (Å²) >= 11 is 0. The van der Waals surface area contributed by atoms with Gasteiger partial charge in [-0.15, -0.1) is 0 Å². The Balaban J connectivity index is 1.15. The van der Waals surface area contributed by atoms with Gasteiger partial charge in [0.05, 0.1) is 25.7 Å². The van der Waals surface area contributed by atoms with Crippen LogP contribution in [0.15, 0.2) is 29.4 Å². The van der Waals surface area contributed by atoms with Crippen LogP contribution in [0.5, 0.6) is 0 Å². The second kappa shape index (κ2) is 10.6. The van der Waals surface area contributed by atoms with Crippen LogP contribution in [-0.2, 0) is 14.3 Å². The Hall–Kier alpha value is -2.16. The second-order valence-corrected chi connectivity index (χ2v) is 9.91.